The Morgan fingerprint density at radius 3 is 2.73 bits per heavy atom. The van der Waals surface area contributed by atoms with E-state index in [9.17, 15) is 4.79 Å². The summed E-state index contributed by atoms with van der Waals surface area (Å²) in [5.41, 5.74) is 7.14. The van der Waals surface area contributed by atoms with Gasteiger partial charge in [0.15, 0.2) is 0 Å². The van der Waals surface area contributed by atoms with Crippen LogP contribution in [0, 0.1) is 6.92 Å². The maximum absolute atomic E-state index is 12.7. The van der Waals surface area contributed by atoms with E-state index in [0.717, 1.165) is 54.9 Å². The number of likely N-dealkylation sites (N-methyl/N-ethyl adjacent to an activating group) is 1. The topological polar surface area (TPSA) is 32.8 Å². The molecule has 0 fully saturated rings. The second-order valence-corrected chi connectivity index (χ2v) is 7.55. The molecule has 0 N–H and O–H groups in total. The molecule has 2 aromatic rings. The smallest absolute Gasteiger partial charge is 0.254 e. The lowest BCUT2D eigenvalue weighted by Crippen LogP contribution is -2.27. The second kappa shape index (κ2) is 6.76. The zero-order valence-corrected chi connectivity index (χ0v) is 15.8. The minimum Gasteiger partial charge on any atom is -0.496 e. The maximum Gasteiger partial charge on any atom is 0.254 e. The highest BCUT2D eigenvalue weighted by Gasteiger charge is 2.28. The van der Waals surface area contributed by atoms with E-state index in [1.165, 1.54) is 16.7 Å². The van der Waals surface area contributed by atoms with Gasteiger partial charge in [-0.25, -0.2) is 0 Å². The fourth-order valence-corrected chi connectivity index (χ4v) is 4.08. The zero-order chi connectivity index (χ0) is 18.3. The van der Waals surface area contributed by atoms with E-state index >= 15 is 0 Å². The normalized spacial score (nSPS) is 16.6. The van der Waals surface area contributed by atoms with Crippen molar-refractivity contribution in [1.82, 2.24) is 9.80 Å². The molecule has 0 atom stereocenters. The molecule has 1 amide bonds. The molecule has 2 aliphatic heterocycles. The van der Waals surface area contributed by atoms with Crippen molar-refractivity contribution in [2.75, 3.05) is 27.2 Å². The fraction of sp³-hybridized carbons (Fsp3) is 0.409. The highest BCUT2D eigenvalue weighted by atomic mass is 16.5. The van der Waals surface area contributed by atoms with Crippen LogP contribution in [0.5, 0.6) is 5.75 Å². The minimum absolute atomic E-state index is 0.142. The molecule has 0 aromatic heterocycles. The van der Waals surface area contributed by atoms with E-state index in [1.54, 1.807) is 7.11 Å². The first kappa shape index (κ1) is 17.1. The van der Waals surface area contributed by atoms with E-state index in [0.29, 0.717) is 6.54 Å². The molecule has 4 rings (SSSR count). The van der Waals surface area contributed by atoms with Gasteiger partial charge in [-0.2, -0.15) is 0 Å². The quantitative estimate of drug-likeness (QED) is 0.849. The summed E-state index contributed by atoms with van der Waals surface area (Å²) in [5.74, 6) is 1.00. The van der Waals surface area contributed by atoms with E-state index < -0.39 is 0 Å². The summed E-state index contributed by atoms with van der Waals surface area (Å²) in [6.07, 6.45) is 2.03. The molecule has 2 aliphatic rings. The van der Waals surface area contributed by atoms with Crippen molar-refractivity contribution in [3.8, 4) is 5.75 Å². The SMILES string of the molecule is COc1cc2c(cc1C)C(=O)N(CCc1ccc3c(c1)CN(C)CC3)C2. The molecule has 26 heavy (non-hydrogen) atoms. The molecule has 4 heteroatoms. The van der Waals surface area contributed by atoms with E-state index in [4.69, 9.17) is 4.74 Å². The Labute approximate surface area is 155 Å². The average Bonchev–Trinajstić information content (AvgIpc) is 2.94. The van der Waals surface area contributed by atoms with Gasteiger partial charge in [-0.1, -0.05) is 18.2 Å². The molecule has 0 saturated heterocycles. The number of benzene rings is 2. The molecular formula is C22H26N2O2. The number of aryl methyl sites for hydroxylation is 1. The monoisotopic (exact) mass is 350 g/mol. The maximum atomic E-state index is 12.7. The van der Waals surface area contributed by atoms with Crippen LogP contribution in [0.1, 0.15) is 38.2 Å². The summed E-state index contributed by atoms with van der Waals surface area (Å²) >= 11 is 0. The van der Waals surface area contributed by atoms with Gasteiger partial charge in [0, 0.05) is 31.7 Å². The molecule has 4 nitrogen and oxygen atoms in total. The second-order valence-electron chi connectivity index (χ2n) is 7.55. The molecule has 0 unspecified atom stereocenters. The van der Waals surface area contributed by atoms with E-state index in [2.05, 4.69) is 30.1 Å². The third-order valence-electron chi connectivity index (χ3n) is 5.64. The molecule has 0 aliphatic carbocycles. The van der Waals surface area contributed by atoms with Gasteiger partial charge in [0.05, 0.1) is 7.11 Å². The summed E-state index contributed by atoms with van der Waals surface area (Å²) in [7, 11) is 3.85. The van der Waals surface area contributed by atoms with Crippen LogP contribution in [-0.2, 0) is 25.9 Å². The lowest BCUT2D eigenvalue weighted by molar-refractivity contribution is 0.0780. The van der Waals surface area contributed by atoms with E-state index in [-0.39, 0.29) is 5.91 Å². The number of nitrogens with zero attached hydrogens (tertiary/aromatic N) is 2. The molecule has 0 bridgehead atoms. The largest absolute Gasteiger partial charge is 0.496 e. The summed E-state index contributed by atoms with van der Waals surface area (Å²) in [6.45, 7) is 5.58. The number of rotatable bonds is 4. The Balaban J connectivity index is 1.46. The number of fused-ring (bicyclic) bond motifs is 2. The number of carbonyl (C=O) groups is 1. The summed E-state index contributed by atoms with van der Waals surface area (Å²) in [5, 5.41) is 0. The van der Waals surface area contributed by atoms with Crippen molar-refractivity contribution in [3.63, 3.8) is 0 Å². The van der Waals surface area contributed by atoms with Gasteiger partial charge < -0.3 is 14.5 Å². The highest BCUT2D eigenvalue weighted by Crippen LogP contribution is 2.30. The lowest BCUT2D eigenvalue weighted by Gasteiger charge is -2.25. The Morgan fingerprint density at radius 2 is 1.92 bits per heavy atom. The highest BCUT2D eigenvalue weighted by molar-refractivity contribution is 5.98. The van der Waals surface area contributed by atoms with Gasteiger partial charge in [-0.3, -0.25) is 4.79 Å². The molecular weight excluding hydrogens is 324 g/mol. The van der Waals surface area contributed by atoms with Gasteiger partial charge in [-0.05, 0) is 66.8 Å². The molecule has 136 valence electrons. The van der Waals surface area contributed by atoms with Crippen LogP contribution in [0.3, 0.4) is 0 Å². The predicted octanol–water partition coefficient (Wildman–Crippen LogP) is 3.19. The van der Waals surface area contributed by atoms with Crippen LogP contribution < -0.4 is 4.74 Å². The Bertz CT molecular complexity index is 859. The summed E-state index contributed by atoms with van der Waals surface area (Å²) < 4.78 is 5.40. The number of hydrogen-bond acceptors (Lipinski definition) is 3. The summed E-state index contributed by atoms with van der Waals surface area (Å²) in [6, 6.07) is 10.8. The standard InChI is InChI=1S/C22H26N2O2/c1-15-10-20-19(12-21(15)26-3)14-24(22(20)25)9-6-16-4-5-17-7-8-23(2)13-18(17)11-16/h4-5,10-12H,6-9,13-14H2,1-3H3. The Morgan fingerprint density at radius 1 is 1.08 bits per heavy atom. The number of methoxy groups -OCH3 is 1. The number of ether oxygens (including phenoxy) is 1. The first-order valence-electron chi connectivity index (χ1n) is 9.31. The van der Waals surface area contributed by atoms with Crippen LogP contribution in [0.2, 0.25) is 0 Å². The minimum atomic E-state index is 0.142. The van der Waals surface area contributed by atoms with Crippen molar-refractivity contribution >= 4 is 5.91 Å². The van der Waals surface area contributed by atoms with Crippen molar-refractivity contribution in [1.29, 1.82) is 0 Å². The van der Waals surface area contributed by atoms with Crippen LogP contribution in [0.25, 0.3) is 0 Å². The predicted molar refractivity (Wildman–Crippen MR) is 103 cm³/mol. The molecule has 0 radical (unpaired) electrons. The number of amides is 1. The van der Waals surface area contributed by atoms with Gasteiger partial charge >= 0.3 is 0 Å². The third-order valence-corrected chi connectivity index (χ3v) is 5.64. The van der Waals surface area contributed by atoms with Gasteiger partial charge in [0.25, 0.3) is 5.91 Å². The van der Waals surface area contributed by atoms with Crippen LogP contribution >= 0.6 is 0 Å². The Kier molecular flexibility index (Phi) is 4.45. The van der Waals surface area contributed by atoms with Crippen molar-refractivity contribution < 1.29 is 9.53 Å². The lowest BCUT2D eigenvalue weighted by atomic mass is 9.96. The summed E-state index contributed by atoms with van der Waals surface area (Å²) in [4.78, 5) is 17.0. The Hall–Kier alpha value is -2.33. The average molecular weight is 350 g/mol. The molecule has 0 spiro atoms. The van der Waals surface area contributed by atoms with Crippen LogP contribution in [0.15, 0.2) is 30.3 Å². The van der Waals surface area contributed by atoms with Gasteiger partial charge in [-0.15, -0.1) is 0 Å². The van der Waals surface area contributed by atoms with Gasteiger partial charge in [0.1, 0.15) is 5.75 Å². The molecule has 2 aromatic carbocycles. The fourth-order valence-electron chi connectivity index (χ4n) is 4.08. The first-order chi connectivity index (χ1) is 12.5. The molecule has 0 saturated carbocycles. The van der Waals surface area contributed by atoms with Crippen LogP contribution in [-0.4, -0.2) is 43.0 Å². The van der Waals surface area contributed by atoms with Crippen LogP contribution in [0.4, 0.5) is 0 Å². The van der Waals surface area contributed by atoms with Crippen molar-refractivity contribution in [3.05, 3.63) is 63.7 Å². The number of hydrogen-bond donors (Lipinski definition) is 0. The zero-order valence-electron chi connectivity index (χ0n) is 15.8. The van der Waals surface area contributed by atoms with Crippen molar-refractivity contribution in [2.24, 2.45) is 0 Å². The van der Waals surface area contributed by atoms with E-state index in [1.807, 2.05) is 24.0 Å². The van der Waals surface area contributed by atoms with Gasteiger partial charge in [0.2, 0.25) is 0 Å². The molecule has 2 heterocycles. The number of carbonyl (C=O) groups excluding carboxylic acids is 1. The first-order valence-corrected chi connectivity index (χ1v) is 9.31. The van der Waals surface area contributed by atoms with Crippen molar-refractivity contribution in [2.45, 2.75) is 32.9 Å². The third kappa shape index (κ3) is 3.10.